The van der Waals surface area contributed by atoms with Gasteiger partial charge in [0.2, 0.25) is 17.6 Å². The molecular formula is C23H18N6O4. The van der Waals surface area contributed by atoms with E-state index in [4.69, 9.17) is 13.4 Å². The maximum absolute atomic E-state index is 11.9. The lowest BCUT2D eigenvalue weighted by molar-refractivity contribution is 0.252. The number of aromatic nitrogens is 4. The van der Waals surface area contributed by atoms with Crippen molar-refractivity contribution >= 4 is 22.7 Å². The highest BCUT2D eigenvalue weighted by atomic mass is 16.5. The molecule has 1 aliphatic rings. The Bertz CT molecular complexity index is 1420. The molecule has 4 heterocycles. The van der Waals surface area contributed by atoms with Crippen LogP contribution in [0.5, 0.6) is 0 Å². The van der Waals surface area contributed by atoms with Crippen molar-refractivity contribution in [2.45, 2.75) is 12.8 Å². The van der Waals surface area contributed by atoms with Crippen LogP contribution in [0.25, 0.3) is 34.0 Å². The second-order valence-corrected chi connectivity index (χ2v) is 7.60. The molecule has 0 radical (unpaired) electrons. The van der Waals surface area contributed by atoms with Crippen molar-refractivity contribution in [3.8, 4) is 23.0 Å². The average molecular weight is 442 g/mol. The molecule has 0 spiro atoms. The molecule has 3 aromatic heterocycles. The topological polar surface area (TPSA) is 123 Å². The number of furan rings is 1. The van der Waals surface area contributed by atoms with Crippen molar-refractivity contribution in [1.29, 1.82) is 0 Å². The monoisotopic (exact) mass is 442 g/mol. The molecule has 0 atom stereocenters. The summed E-state index contributed by atoms with van der Waals surface area (Å²) in [5, 5.41) is 16.0. The van der Waals surface area contributed by atoms with Gasteiger partial charge in [0.05, 0.1) is 0 Å². The van der Waals surface area contributed by atoms with E-state index in [2.05, 4.69) is 25.7 Å². The van der Waals surface area contributed by atoms with Crippen LogP contribution < -0.4 is 10.2 Å². The summed E-state index contributed by atoms with van der Waals surface area (Å²) in [7, 11) is 0. The van der Waals surface area contributed by atoms with Gasteiger partial charge in [-0.1, -0.05) is 35.5 Å². The molecular weight excluding hydrogens is 424 g/mol. The van der Waals surface area contributed by atoms with Gasteiger partial charge in [0.25, 0.3) is 5.89 Å². The first-order valence-corrected chi connectivity index (χ1v) is 10.5. The predicted octanol–water partition coefficient (Wildman–Crippen LogP) is 3.85. The third-order valence-corrected chi connectivity index (χ3v) is 5.40. The highest BCUT2D eigenvalue weighted by Crippen LogP contribution is 2.27. The number of benzene rings is 2. The van der Waals surface area contributed by atoms with E-state index in [-0.39, 0.29) is 6.03 Å². The molecule has 10 heteroatoms. The van der Waals surface area contributed by atoms with Gasteiger partial charge >= 0.3 is 6.03 Å². The molecule has 0 aliphatic carbocycles. The normalized spacial score (nSPS) is 13.7. The zero-order valence-electron chi connectivity index (χ0n) is 17.4. The van der Waals surface area contributed by atoms with Gasteiger partial charge in [-0.05, 0) is 24.3 Å². The quantitative estimate of drug-likeness (QED) is 0.421. The molecule has 1 fully saturated rings. The number of urea groups is 1. The zero-order chi connectivity index (χ0) is 22.2. The second kappa shape index (κ2) is 7.90. The number of fused-ring (bicyclic) bond motifs is 1. The summed E-state index contributed by atoms with van der Waals surface area (Å²) >= 11 is 0. The number of aryl methyl sites for hydroxylation is 2. The highest BCUT2D eigenvalue weighted by molar-refractivity contribution is 5.94. The van der Waals surface area contributed by atoms with Gasteiger partial charge in [-0.25, -0.2) is 4.79 Å². The minimum absolute atomic E-state index is 0.109. The van der Waals surface area contributed by atoms with Crippen molar-refractivity contribution in [1.82, 2.24) is 25.7 Å². The summed E-state index contributed by atoms with van der Waals surface area (Å²) < 4.78 is 16.9. The summed E-state index contributed by atoms with van der Waals surface area (Å²) in [5.41, 5.74) is 2.32. The van der Waals surface area contributed by atoms with E-state index in [9.17, 15) is 4.79 Å². The van der Waals surface area contributed by atoms with Crippen LogP contribution in [0.15, 0.2) is 68.0 Å². The van der Waals surface area contributed by atoms with Gasteiger partial charge in [0, 0.05) is 42.6 Å². The Morgan fingerprint density at radius 2 is 1.88 bits per heavy atom. The van der Waals surface area contributed by atoms with E-state index in [1.54, 1.807) is 4.90 Å². The zero-order valence-corrected chi connectivity index (χ0v) is 17.4. The Labute approximate surface area is 187 Å². The summed E-state index contributed by atoms with van der Waals surface area (Å²) in [6.45, 7) is 1.25. The maximum Gasteiger partial charge on any atom is 0.321 e. The van der Waals surface area contributed by atoms with Crippen LogP contribution in [-0.4, -0.2) is 39.5 Å². The van der Waals surface area contributed by atoms with Crippen molar-refractivity contribution in [2.24, 2.45) is 0 Å². The van der Waals surface area contributed by atoms with Crippen LogP contribution in [0.3, 0.4) is 0 Å². The van der Waals surface area contributed by atoms with Crippen LogP contribution in [-0.2, 0) is 12.8 Å². The second-order valence-electron chi connectivity index (χ2n) is 7.60. The molecule has 1 saturated heterocycles. The third-order valence-electron chi connectivity index (χ3n) is 5.40. The molecule has 2 aromatic carbocycles. The molecule has 0 saturated carbocycles. The smallest absolute Gasteiger partial charge is 0.321 e. The molecule has 6 rings (SSSR count). The van der Waals surface area contributed by atoms with Crippen LogP contribution in [0, 0.1) is 0 Å². The minimum atomic E-state index is -0.109. The van der Waals surface area contributed by atoms with Crippen LogP contribution in [0.4, 0.5) is 10.5 Å². The number of rotatable bonds is 6. The first-order chi connectivity index (χ1) is 16.2. The fraction of sp³-hybridized carbons (Fsp3) is 0.174. The first-order valence-electron chi connectivity index (χ1n) is 10.5. The summed E-state index contributed by atoms with van der Waals surface area (Å²) in [5.74, 6) is 2.22. The average Bonchev–Trinajstić information content (AvgIpc) is 3.64. The minimum Gasteiger partial charge on any atom is -0.451 e. The maximum atomic E-state index is 11.9. The fourth-order valence-electron chi connectivity index (χ4n) is 3.76. The van der Waals surface area contributed by atoms with Crippen molar-refractivity contribution in [3.63, 3.8) is 0 Å². The van der Waals surface area contributed by atoms with Gasteiger partial charge < -0.3 is 18.7 Å². The highest BCUT2D eigenvalue weighted by Gasteiger charge is 2.22. The molecule has 5 aromatic rings. The van der Waals surface area contributed by atoms with Crippen LogP contribution in [0.1, 0.15) is 11.8 Å². The third kappa shape index (κ3) is 3.71. The predicted molar refractivity (Wildman–Crippen MR) is 117 cm³/mol. The van der Waals surface area contributed by atoms with E-state index >= 15 is 0 Å². The lowest BCUT2D eigenvalue weighted by Gasteiger charge is -2.14. The van der Waals surface area contributed by atoms with E-state index in [0.29, 0.717) is 55.2 Å². The molecule has 164 valence electrons. The molecule has 10 nitrogen and oxygen atoms in total. The van der Waals surface area contributed by atoms with Gasteiger partial charge in [0.1, 0.15) is 5.58 Å². The largest absolute Gasteiger partial charge is 0.451 e. The number of nitrogens with one attached hydrogen (secondary N) is 1. The summed E-state index contributed by atoms with van der Waals surface area (Å²) in [6, 6.07) is 17.0. The molecule has 0 unspecified atom stereocenters. The van der Waals surface area contributed by atoms with E-state index in [1.165, 1.54) is 0 Å². The Kier molecular flexibility index (Phi) is 4.60. The number of anilines is 1. The number of para-hydroxylation sites is 1. The standard InChI is InChI=1S/C23H18N6O4/c30-23-24-10-11-29(23)16-6-3-5-15(12-16)21-25-19(33-28-21)8-9-20-26-27-22(32-20)18-13-14-4-1-2-7-17(14)31-18/h1-7,12-13H,8-11H2,(H,24,30). The van der Waals surface area contributed by atoms with Gasteiger partial charge in [-0.2, -0.15) is 4.98 Å². The molecule has 0 bridgehead atoms. The van der Waals surface area contributed by atoms with E-state index < -0.39 is 0 Å². The molecule has 1 N–H and O–H groups in total. The molecule has 33 heavy (non-hydrogen) atoms. The van der Waals surface area contributed by atoms with Gasteiger partial charge in [0.15, 0.2) is 5.76 Å². The Hall–Kier alpha value is -4.47. The Balaban J connectivity index is 1.14. The van der Waals surface area contributed by atoms with Crippen molar-refractivity contribution in [3.05, 3.63) is 66.4 Å². The van der Waals surface area contributed by atoms with E-state index in [0.717, 1.165) is 22.2 Å². The number of carbonyl (C=O) groups excluding carboxylic acids is 1. The number of hydrogen-bond donors (Lipinski definition) is 1. The fourth-order valence-corrected chi connectivity index (χ4v) is 3.76. The first kappa shape index (κ1) is 19.2. The summed E-state index contributed by atoms with van der Waals surface area (Å²) in [4.78, 5) is 18.1. The lowest BCUT2D eigenvalue weighted by Crippen LogP contribution is -2.27. The van der Waals surface area contributed by atoms with Crippen molar-refractivity contribution < 1.29 is 18.2 Å². The van der Waals surface area contributed by atoms with Gasteiger partial charge in [-0.3, -0.25) is 4.90 Å². The van der Waals surface area contributed by atoms with Gasteiger partial charge in [-0.15, -0.1) is 10.2 Å². The number of nitrogens with zero attached hydrogens (tertiary/aromatic N) is 5. The summed E-state index contributed by atoms with van der Waals surface area (Å²) in [6.07, 6.45) is 0.895. The molecule has 1 aliphatic heterocycles. The number of hydrogen-bond acceptors (Lipinski definition) is 8. The lowest BCUT2D eigenvalue weighted by atomic mass is 10.2. The Morgan fingerprint density at radius 1 is 0.970 bits per heavy atom. The SMILES string of the molecule is O=C1NCCN1c1cccc(-c2noc(CCc3nnc(-c4cc5ccccc5o4)o3)n2)c1. The van der Waals surface area contributed by atoms with E-state index in [1.807, 2.05) is 54.6 Å². The van der Waals surface area contributed by atoms with Crippen LogP contribution in [0.2, 0.25) is 0 Å². The number of carbonyl (C=O) groups is 1. The Morgan fingerprint density at radius 3 is 2.76 bits per heavy atom. The van der Waals surface area contributed by atoms with Crippen LogP contribution >= 0.6 is 0 Å². The van der Waals surface area contributed by atoms with Crippen molar-refractivity contribution in [2.75, 3.05) is 18.0 Å². The molecule has 2 amide bonds. The number of amides is 2.